The molecule has 18 heavy (non-hydrogen) atoms. The Hall–Kier alpha value is -1.73. The van der Waals surface area contributed by atoms with Gasteiger partial charge in [-0.2, -0.15) is 5.26 Å². The fourth-order valence-electron chi connectivity index (χ4n) is 1.86. The molecule has 1 aromatic carbocycles. The number of benzene rings is 1. The lowest BCUT2D eigenvalue weighted by molar-refractivity contribution is 0.724. The second-order valence-electron chi connectivity index (χ2n) is 3.94. The fraction of sp³-hybridized carbons (Fsp3) is 0.214. The summed E-state index contributed by atoms with van der Waals surface area (Å²) >= 11 is 3.42. The molecule has 0 saturated carbocycles. The number of nitrogens with one attached hydrogen (secondary N) is 1. The first kappa shape index (κ1) is 12.7. The van der Waals surface area contributed by atoms with Crippen LogP contribution in [0.3, 0.4) is 0 Å². The lowest BCUT2D eigenvalue weighted by Gasteiger charge is -2.10. The molecule has 3 nitrogen and oxygen atoms in total. The van der Waals surface area contributed by atoms with Gasteiger partial charge in [0.2, 0.25) is 0 Å². The number of anilines is 1. The molecule has 1 heterocycles. The molecule has 2 rings (SSSR count). The van der Waals surface area contributed by atoms with Gasteiger partial charge >= 0.3 is 0 Å². The van der Waals surface area contributed by atoms with E-state index in [0.29, 0.717) is 12.1 Å². The molecule has 0 radical (unpaired) electrons. The van der Waals surface area contributed by atoms with Crippen molar-refractivity contribution in [1.29, 1.82) is 5.26 Å². The Morgan fingerprint density at radius 2 is 2.22 bits per heavy atom. The van der Waals surface area contributed by atoms with Crippen molar-refractivity contribution in [2.45, 2.75) is 20.0 Å². The zero-order valence-corrected chi connectivity index (χ0v) is 11.7. The molecular formula is C14H14BrN3. The Bertz CT molecular complexity index is 581. The van der Waals surface area contributed by atoms with Crippen LogP contribution in [0.25, 0.3) is 0 Å². The van der Waals surface area contributed by atoms with Gasteiger partial charge in [0, 0.05) is 22.9 Å². The molecule has 0 atom stereocenters. The van der Waals surface area contributed by atoms with E-state index >= 15 is 0 Å². The maximum absolute atomic E-state index is 9.06. The molecule has 0 unspecified atom stereocenters. The largest absolute Gasteiger partial charge is 0.378 e. The predicted molar refractivity (Wildman–Crippen MR) is 76.3 cm³/mol. The Morgan fingerprint density at radius 3 is 2.94 bits per heavy atom. The number of hydrogen-bond donors (Lipinski definition) is 1. The van der Waals surface area contributed by atoms with Gasteiger partial charge in [0.05, 0.1) is 17.8 Å². The Labute approximate surface area is 115 Å². The molecule has 4 heteroatoms. The molecule has 0 aliphatic carbocycles. The Kier molecular flexibility index (Phi) is 4.06. The third-order valence-electron chi connectivity index (χ3n) is 2.83. The van der Waals surface area contributed by atoms with Crippen LogP contribution in [-0.2, 0) is 13.1 Å². The molecule has 0 bridgehead atoms. The number of aryl methyl sites for hydroxylation is 1. The minimum atomic E-state index is 0.660. The number of aromatic nitrogens is 1. The number of nitrogens with zero attached hydrogens (tertiary/aromatic N) is 2. The van der Waals surface area contributed by atoms with Gasteiger partial charge in [0.1, 0.15) is 6.07 Å². The number of rotatable bonds is 4. The van der Waals surface area contributed by atoms with Crippen LogP contribution in [0.2, 0.25) is 0 Å². The van der Waals surface area contributed by atoms with Gasteiger partial charge in [-0.1, -0.05) is 15.9 Å². The topological polar surface area (TPSA) is 40.8 Å². The summed E-state index contributed by atoms with van der Waals surface area (Å²) in [6.45, 7) is 3.78. The molecule has 1 N–H and O–H groups in total. The number of halogens is 1. The molecule has 0 spiro atoms. The molecule has 0 amide bonds. The molecule has 1 aromatic heterocycles. The van der Waals surface area contributed by atoms with Crippen LogP contribution in [0.1, 0.15) is 18.2 Å². The van der Waals surface area contributed by atoms with Crippen molar-refractivity contribution in [3.05, 3.63) is 52.3 Å². The quantitative estimate of drug-likeness (QED) is 0.934. The molecule has 0 aliphatic rings. The lowest BCUT2D eigenvalue weighted by Crippen LogP contribution is -2.06. The highest BCUT2D eigenvalue weighted by molar-refractivity contribution is 9.10. The highest BCUT2D eigenvalue weighted by Crippen LogP contribution is 2.21. The molecule has 92 valence electrons. The van der Waals surface area contributed by atoms with Gasteiger partial charge in [-0.3, -0.25) is 0 Å². The Morgan fingerprint density at radius 1 is 1.39 bits per heavy atom. The number of hydrogen-bond acceptors (Lipinski definition) is 2. The van der Waals surface area contributed by atoms with Gasteiger partial charge in [0.25, 0.3) is 0 Å². The van der Waals surface area contributed by atoms with E-state index in [1.807, 2.05) is 24.3 Å². The van der Waals surface area contributed by atoms with Crippen LogP contribution < -0.4 is 5.32 Å². The van der Waals surface area contributed by atoms with Crippen molar-refractivity contribution in [2.75, 3.05) is 5.32 Å². The van der Waals surface area contributed by atoms with Crippen LogP contribution >= 0.6 is 15.9 Å². The van der Waals surface area contributed by atoms with Gasteiger partial charge in [-0.15, -0.1) is 0 Å². The van der Waals surface area contributed by atoms with Crippen LogP contribution in [0.5, 0.6) is 0 Å². The van der Waals surface area contributed by atoms with Crippen molar-refractivity contribution in [1.82, 2.24) is 4.57 Å². The molecular weight excluding hydrogens is 290 g/mol. The molecule has 0 fully saturated rings. The maximum Gasteiger partial charge on any atom is 0.101 e. The van der Waals surface area contributed by atoms with Gasteiger partial charge in [-0.05, 0) is 37.3 Å². The van der Waals surface area contributed by atoms with Crippen LogP contribution in [0.4, 0.5) is 5.69 Å². The van der Waals surface area contributed by atoms with E-state index in [4.69, 9.17) is 5.26 Å². The maximum atomic E-state index is 9.06. The van der Waals surface area contributed by atoms with E-state index in [-0.39, 0.29) is 0 Å². The number of nitriles is 1. The van der Waals surface area contributed by atoms with Crippen molar-refractivity contribution < 1.29 is 0 Å². The minimum Gasteiger partial charge on any atom is -0.378 e. The monoisotopic (exact) mass is 303 g/mol. The smallest absolute Gasteiger partial charge is 0.101 e. The average molecular weight is 304 g/mol. The third kappa shape index (κ3) is 2.74. The van der Waals surface area contributed by atoms with E-state index in [1.165, 1.54) is 5.69 Å². The summed E-state index contributed by atoms with van der Waals surface area (Å²) in [5.41, 5.74) is 2.73. The van der Waals surface area contributed by atoms with E-state index in [2.05, 4.69) is 51.1 Å². The van der Waals surface area contributed by atoms with Crippen molar-refractivity contribution in [3.63, 3.8) is 0 Å². The van der Waals surface area contributed by atoms with Gasteiger partial charge in [0.15, 0.2) is 0 Å². The second-order valence-corrected chi connectivity index (χ2v) is 4.86. The fourth-order valence-corrected chi connectivity index (χ4v) is 2.23. The normalized spacial score (nSPS) is 10.1. The van der Waals surface area contributed by atoms with Crippen LogP contribution in [0, 0.1) is 11.3 Å². The van der Waals surface area contributed by atoms with Gasteiger partial charge < -0.3 is 9.88 Å². The molecule has 0 aliphatic heterocycles. The van der Waals surface area contributed by atoms with E-state index in [0.717, 1.165) is 16.7 Å². The summed E-state index contributed by atoms with van der Waals surface area (Å²) in [4.78, 5) is 0. The SMILES string of the molecule is CCn1cccc1CNc1cc(Br)ccc1C#N. The van der Waals surface area contributed by atoms with Crippen molar-refractivity contribution >= 4 is 21.6 Å². The average Bonchev–Trinajstić information content (AvgIpc) is 2.84. The summed E-state index contributed by atoms with van der Waals surface area (Å²) in [5, 5.41) is 12.4. The summed E-state index contributed by atoms with van der Waals surface area (Å²) in [6, 6.07) is 11.9. The zero-order chi connectivity index (χ0) is 13.0. The highest BCUT2D eigenvalue weighted by Gasteiger charge is 2.04. The summed E-state index contributed by atoms with van der Waals surface area (Å²) in [6.07, 6.45) is 2.06. The van der Waals surface area contributed by atoms with E-state index < -0.39 is 0 Å². The van der Waals surface area contributed by atoms with Gasteiger partial charge in [-0.25, -0.2) is 0 Å². The highest BCUT2D eigenvalue weighted by atomic mass is 79.9. The van der Waals surface area contributed by atoms with Crippen LogP contribution in [0.15, 0.2) is 41.0 Å². The first-order valence-electron chi connectivity index (χ1n) is 5.82. The van der Waals surface area contributed by atoms with Crippen LogP contribution in [-0.4, -0.2) is 4.57 Å². The van der Waals surface area contributed by atoms with E-state index in [1.54, 1.807) is 0 Å². The summed E-state index contributed by atoms with van der Waals surface area (Å²) in [7, 11) is 0. The molecule has 0 saturated heterocycles. The zero-order valence-electron chi connectivity index (χ0n) is 10.2. The van der Waals surface area contributed by atoms with Crippen molar-refractivity contribution in [3.8, 4) is 6.07 Å². The standard InChI is InChI=1S/C14H14BrN3/c1-2-18-7-3-4-13(18)10-17-14-8-12(15)6-5-11(14)9-16/h3-8,17H,2,10H2,1H3. The first-order chi connectivity index (χ1) is 8.74. The van der Waals surface area contributed by atoms with Crippen molar-refractivity contribution in [2.24, 2.45) is 0 Å². The Balaban J connectivity index is 2.15. The summed E-state index contributed by atoms with van der Waals surface area (Å²) in [5.74, 6) is 0. The summed E-state index contributed by atoms with van der Waals surface area (Å²) < 4.78 is 3.15. The second kappa shape index (κ2) is 5.74. The van der Waals surface area contributed by atoms with E-state index in [9.17, 15) is 0 Å². The lowest BCUT2D eigenvalue weighted by atomic mass is 10.2. The molecule has 2 aromatic rings. The minimum absolute atomic E-state index is 0.660. The predicted octanol–water partition coefficient (Wildman–Crippen LogP) is 3.75. The third-order valence-corrected chi connectivity index (χ3v) is 3.32. The first-order valence-corrected chi connectivity index (χ1v) is 6.61.